The van der Waals surface area contributed by atoms with Crippen molar-refractivity contribution >= 4 is 63.8 Å². The van der Waals surface area contributed by atoms with Crippen LogP contribution in [0.1, 0.15) is 21.3 Å². The van der Waals surface area contributed by atoms with E-state index in [0.29, 0.717) is 11.1 Å². The van der Waals surface area contributed by atoms with Crippen LogP contribution in [0.15, 0.2) is 24.3 Å². The summed E-state index contributed by atoms with van der Waals surface area (Å²) in [7, 11) is 0. The lowest BCUT2D eigenvalue weighted by Crippen LogP contribution is -2.50. The third-order valence-electron chi connectivity index (χ3n) is 2.50. The van der Waals surface area contributed by atoms with Crippen molar-refractivity contribution in [3.63, 3.8) is 0 Å². The van der Waals surface area contributed by atoms with E-state index in [4.69, 9.17) is 58.0 Å². The van der Waals surface area contributed by atoms with Gasteiger partial charge in [-0.1, -0.05) is 70.7 Å². The van der Waals surface area contributed by atoms with Crippen LogP contribution < -0.4 is 0 Å². The first kappa shape index (κ1) is 12.8. The van der Waals surface area contributed by atoms with Crippen molar-refractivity contribution in [2.24, 2.45) is 0 Å². The topological polar surface area (TPSA) is 17.1 Å². The Morgan fingerprint density at radius 3 is 2.25 bits per heavy atom. The molecule has 0 aromatic heterocycles. The number of carbonyl (C=O) groups is 1. The smallest absolute Gasteiger partial charge is 0.214 e. The second-order valence-electron chi connectivity index (χ2n) is 3.48. The molecular weight excluding hydrogens is 313 g/mol. The first-order chi connectivity index (χ1) is 7.30. The van der Waals surface area contributed by atoms with Crippen molar-refractivity contribution in [1.82, 2.24) is 0 Å². The third-order valence-corrected chi connectivity index (χ3v) is 5.62. The van der Waals surface area contributed by atoms with E-state index >= 15 is 0 Å². The van der Waals surface area contributed by atoms with Gasteiger partial charge in [0.25, 0.3) is 0 Å². The lowest BCUT2D eigenvalue weighted by molar-refractivity contribution is 0.0956. The summed E-state index contributed by atoms with van der Waals surface area (Å²) in [4.78, 5) is 12.0. The van der Waals surface area contributed by atoms with Crippen molar-refractivity contribution in [2.75, 3.05) is 0 Å². The highest BCUT2D eigenvalue weighted by molar-refractivity contribution is 6.72. The molecule has 1 aromatic carbocycles. The lowest BCUT2D eigenvalue weighted by atomic mass is 9.89. The van der Waals surface area contributed by atoms with Gasteiger partial charge in [-0.25, -0.2) is 0 Å². The van der Waals surface area contributed by atoms with Crippen molar-refractivity contribution in [3.05, 3.63) is 35.4 Å². The van der Waals surface area contributed by atoms with Gasteiger partial charge >= 0.3 is 0 Å². The standard InChI is InChI=1S/C10H5Cl5O/c11-7-5-3-1-2-4-6(5)8(16)10(14,15)9(7,12)13/h1-4,7H. The Morgan fingerprint density at radius 2 is 1.62 bits per heavy atom. The summed E-state index contributed by atoms with van der Waals surface area (Å²) >= 11 is 29.9. The van der Waals surface area contributed by atoms with Crippen molar-refractivity contribution in [1.29, 1.82) is 0 Å². The Bertz CT molecular complexity index is 454. The molecule has 2 rings (SSSR count). The Kier molecular flexibility index (Phi) is 3.14. The van der Waals surface area contributed by atoms with E-state index in [1.54, 1.807) is 24.3 Å². The molecular formula is C10H5Cl5O. The van der Waals surface area contributed by atoms with Crippen LogP contribution in [-0.4, -0.2) is 14.4 Å². The molecule has 1 nitrogen and oxygen atoms in total. The molecule has 0 amide bonds. The number of hydrogen-bond acceptors (Lipinski definition) is 1. The highest BCUT2D eigenvalue weighted by Gasteiger charge is 2.61. The number of hydrogen-bond donors (Lipinski definition) is 0. The molecule has 0 saturated heterocycles. The average Bonchev–Trinajstić information content (AvgIpc) is 2.25. The number of ketones is 1. The Morgan fingerprint density at radius 1 is 1.06 bits per heavy atom. The van der Waals surface area contributed by atoms with Gasteiger partial charge in [-0.05, 0) is 5.56 Å². The number of benzene rings is 1. The summed E-state index contributed by atoms with van der Waals surface area (Å²) in [5.74, 6) is -0.534. The Labute approximate surface area is 118 Å². The summed E-state index contributed by atoms with van der Waals surface area (Å²) in [6.07, 6.45) is 0. The van der Waals surface area contributed by atoms with Gasteiger partial charge in [-0.3, -0.25) is 4.79 Å². The van der Waals surface area contributed by atoms with E-state index in [2.05, 4.69) is 0 Å². The van der Waals surface area contributed by atoms with Crippen molar-refractivity contribution in [2.45, 2.75) is 14.0 Å². The maximum Gasteiger partial charge on any atom is 0.214 e. The summed E-state index contributed by atoms with van der Waals surface area (Å²) in [6, 6.07) is 6.70. The zero-order chi connectivity index (χ0) is 12.1. The molecule has 1 unspecified atom stereocenters. The minimum absolute atomic E-state index is 0.351. The molecule has 86 valence electrons. The number of carbonyl (C=O) groups excluding carboxylic acids is 1. The molecule has 0 fully saturated rings. The van der Waals surface area contributed by atoms with E-state index in [1.807, 2.05) is 0 Å². The quantitative estimate of drug-likeness (QED) is 0.643. The van der Waals surface area contributed by atoms with Gasteiger partial charge in [-0.15, -0.1) is 11.6 Å². The highest BCUT2D eigenvalue weighted by atomic mass is 35.5. The van der Waals surface area contributed by atoms with Gasteiger partial charge < -0.3 is 0 Å². The van der Waals surface area contributed by atoms with Gasteiger partial charge in [0.1, 0.15) is 0 Å². The summed E-state index contributed by atoms with van der Waals surface area (Å²) in [5.41, 5.74) is 0.889. The minimum Gasteiger partial charge on any atom is -0.291 e. The molecule has 6 heteroatoms. The fourth-order valence-corrected chi connectivity index (χ4v) is 2.89. The van der Waals surface area contributed by atoms with Gasteiger partial charge in [0, 0.05) is 5.56 Å². The summed E-state index contributed by atoms with van der Waals surface area (Å²) in [6.45, 7) is 0. The Balaban J connectivity index is 2.70. The van der Waals surface area contributed by atoms with Crippen LogP contribution in [0.2, 0.25) is 0 Å². The molecule has 1 aromatic rings. The van der Waals surface area contributed by atoms with Crippen LogP contribution >= 0.6 is 58.0 Å². The van der Waals surface area contributed by atoms with E-state index < -0.39 is 19.8 Å². The fourth-order valence-electron chi connectivity index (χ4n) is 1.60. The molecule has 0 saturated carbocycles. The zero-order valence-corrected chi connectivity index (χ0v) is 11.5. The summed E-state index contributed by atoms with van der Waals surface area (Å²) < 4.78 is -3.71. The predicted molar refractivity (Wildman–Crippen MR) is 68.2 cm³/mol. The Hall–Kier alpha value is 0.340. The van der Waals surface area contributed by atoms with Crippen molar-refractivity contribution in [3.8, 4) is 0 Å². The molecule has 16 heavy (non-hydrogen) atoms. The number of fused-ring (bicyclic) bond motifs is 1. The van der Waals surface area contributed by atoms with Crippen LogP contribution in [0.5, 0.6) is 0 Å². The van der Waals surface area contributed by atoms with E-state index in [9.17, 15) is 4.79 Å². The number of halogens is 5. The lowest BCUT2D eigenvalue weighted by Gasteiger charge is -2.40. The summed E-state index contributed by atoms with van der Waals surface area (Å²) in [5, 5.41) is -0.847. The predicted octanol–water partition coefficient (Wildman–Crippen LogP) is 4.51. The first-order valence-corrected chi connectivity index (χ1v) is 6.28. The highest BCUT2D eigenvalue weighted by Crippen LogP contribution is 2.58. The maximum atomic E-state index is 12.0. The number of rotatable bonds is 0. The van der Waals surface area contributed by atoms with Gasteiger partial charge in [0.05, 0.1) is 5.38 Å². The van der Waals surface area contributed by atoms with Gasteiger partial charge in [0.15, 0.2) is 4.33 Å². The minimum atomic E-state index is -1.95. The van der Waals surface area contributed by atoms with Gasteiger partial charge in [-0.2, -0.15) is 0 Å². The molecule has 0 N–H and O–H groups in total. The normalized spacial score (nSPS) is 26.3. The van der Waals surface area contributed by atoms with Crippen LogP contribution in [-0.2, 0) is 0 Å². The molecule has 0 radical (unpaired) electrons. The largest absolute Gasteiger partial charge is 0.291 e. The van der Waals surface area contributed by atoms with Gasteiger partial charge in [0.2, 0.25) is 10.1 Å². The molecule has 0 bridgehead atoms. The monoisotopic (exact) mass is 316 g/mol. The maximum absolute atomic E-state index is 12.0. The van der Waals surface area contributed by atoms with E-state index in [0.717, 1.165) is 0 Å². The second-order valence-corrected chi connectivity index (χ2v) is 6.63. The fraction of sp³-hybridized carbons (Fsp3) is 0.300. The third kappa shape index (κ3) is 1.57. The molecule has 1 atom stereocenters. The van der Waals surface area contributed by atoms with E-state index in [-0.39, 0.29) is 0 Å². The van der Waals surface area contributed by atoms with Crippen LogP contribution in [0.4, 0.5) is 0 Å². The molecule has 1 aliphatic rings. The zero-order valence-electron chi connectivity index (χ0n) is 7.68. The average molecular weight is 318 g/mol. The number of Topliss-reactive ketones (excluding diaryl/α,β-unsaturated/α-hetero) is 1. The van der Waals surface area contributed by atoms with Crippen LogP contribution in [0.3, 0.4) is 0 Å². The van der Waals surface area contributed by atoms with Crippen LogP contribution in [0, 0.1) is 0 Å². The van der Waals surface area contributed by atoms with Crippen molar-refractivity contribution < 1.29 is 4.79 Å². The first-order valence-electron chi connectivity index (χ1n) is 4.33. The molecule has 1 aliphatic carbocycles. The van der Waals surface area contributed by atoms with Crippen LogP contribution in [0.25, 0.3) is 0 Å². The molecule has 0 aliphatic heterocycles. The SMILES string of the molecule is O=C1c2ccccc2C(Cl)C(Cl)(Cl)C1(Cl)Cl. The molecule has 0 spiro atoms. The van der Waals surface area contributed by atoms with E-state index in [1.165, 1.54) is 0 Å². The molecule has 0 heterocycles. The second kappa shape index (κ2) is 3.93. The number of alkyl halides is 5.